The normalized spacial score (nSPS) is 13.0. The van der Waals surface area contributed by atoms with Gasteiger partial charge >= 0.3 is 21.7 Å². The zero-order valence-electron chi connectivity index (χ0n) is 19.4. The molecule has 0 unspecified atom stereocenters. The Kier molecular flexibility index (Phi) is 13.8. The molecule has 0 fully saturated rings. The summed E-state index contributed by atoms with van der Waals surface area (Å²) in [5, 5.41) is 30.8. The van der Waals surface area contributed by atoms with Crippen molar-refractivity contribution in [1.29, 1.82) is 0 Å². The molecule has 0 radical (unpaired) electrons. The van der Waals surface area contributed by atoms with Crippen LogP contribution in [0.5, 0.6) is 17.2 Å². The maximum Gasteiger partial charge on any atom is 4.00 e. The second-order valence-electron chi connectivity index (χ2n) is 7.56. The molecule has 32 heavy (non-hydrogen) atoms. The smallest absolute Gasteiger partial charge is 0.872 e. The SMILES string of the molecule is CC1=[C-]C(C)(C)C(C)=C1C.[O-]c1ccccc1.[O-]c1ccccc1.[O-]c1ccccc1.[Ti+4]. The first-order valence-corrected chi connectivity index (χ1v) is 10.1. The molecule has 4 rings (SSSR count). The topological polar surface area (TPSA) is 69.2 Å². The van der Waals surface area contributed by atoms with Crippen LogP contribution < -0.4 is 15.3 Å². The van der Waals surface area contributed by atoms with Crippen LogP contribution in [0.4, 0.5) is 0 Å². The molecule has 4 heteroatoms. The molecule has 0 aromatic heterocycles. The van der Waals surface area contributed by atoms with Crippen molar-refractivity contribution in [1.82, 2.24) is 0 Å². The molecular weight excluding hydrogens is 432 g/mol. The fourth-order valence-electron chi connectivity index (χ4n) is 2.67. The van der Waals surface area contributed by atoms with E-state index in [0.29, 0.717) is 0 Å². The Balaban J connectivity index is 0.000000401. The van der Waals surface area contributed by atoms with Crippen molar-refractivity contribution >= 4 is 0 Å². The van der Waals surface area contributed by atoms with Crippen LogP contribution in [0, 0.1) is 11.5 Å². The Morgan fingerprint density at radius 2 is 0.844 bits per heavy atom. The third kappa shape index (κ3) is 11.6. The molecular formula is C28H30O3Ti. The Labute approximate surface area is 207 Å². The number of hydrogen-bond donors (Lipinski definition) is 0. The molecule has 3 nitrogen and oxygen atoms in total. The molecule has 0 bridgehead atoms. The van der Waals surface area contributed by atoms with Crippen molar-refractivity contribution in [3.05, 3.63) is 114 Å². The summed E-state index contributed by atoms with van der Waals surface area (Å²) in [7, 11) is 0. The van der Waals surface area contributed by atoms with E-state index in [-0.39, 0.29) is 44.4 Å². The van der Waals surface area contributed by atoms with Crippen LogP contribution in [0.2, 0.25) is 0 Å². The zero-order valence-corrected chi connectivity index (χ0v) is 20.9. The number of para-hydroxylation sites is 3. The molecule has 0 spiro atoms. The first kappa shape index (κ1) is 29.3. The Morgan fingerprint density at radius 1 is 0.562 bits per heavy atom. The summed E-state index contributed by atoms with van der Waals surface area (Å²) in [6, 6.07) is 25.0. The van der Waals surface area contributed by atoms with E-state index in [4.69, 9.17) is 0 Å². The number of benzene rings is 3. The predicted molar refractivity (Wildman–Crippen MR) is 122 cm³/mol. The fourth-order valence-corrected chi connectivity index (χ4v) is 2.67. The van der Waals surface area contributed by atoms with Gasteiger partial charge in [0.05, 0.1) is 0 Å². The van der Waals surface area contributed by atoms with Crippen molar-refractivity contribution in [2.45, 2.75) is 34.6 Å². The molecule has 0 heterocycles. The van der Waals surface area contributed by atoms with Crippen LogP contribution in [-0.2, 0) is 21.7 Å². The maximum absolute atomic E-state index is 10.3. The summed E-state index contributed by atoms with van der Waals surface area (Å²) in [6.45, 7) is 10.9. The Bertz CT molecular complexity index is 859. The minimum absolute atomic E-state index is 0. The number of allylic oxidation sites excluding steroid dienone is 4. The zero-order chi connectivity index (χ0) is 23.3. The van der Waals surface area contributed by atoms with E-state index in [1.54, 1.807) is 36.4 Å². The van der Waals surface area contributed by atoms with Crippen LogP contribution in [0.25, 0.3) is 0 Å². The van der Waals surface area contributed by atoms with Gasteiger partial charge in [-0.1, -0.05) is 124 Å². The molecule has 3 aromatic rings. The molecule has 0 saturated carbocycles. The summed E-state index contributed by atoms with van der Waals surface area (Å²) in [4.78, 5) is 0. The molecule has 164 valence electrons. The van der Waals surface area contributed by atoms with Gasteiger partial charge in [0, 0.05) is 0 Å². The van der Waals surface area contributed by atoms with Gasteiger partial charge in [-0.3, -0.25) is 6.08 Å². The summed E-state index contributed by atoms with van der Waals surface area (Å²) < 4.78 is 0. The van der Waals surface area contributed by atoms with E-state index in [1.807, 2.05) is 18.2 Å². The third-order valence-corrected chi connectivity index (χ3v) is 4.79. The summed E-state index contributed by atoms with van der Waals surface area (Å²) in [5.74, 6) is 0.215. The average Bonchev–Trinajstić information content (AvgIpc) is 2.92. The average molecular weight is 462 g/mol. The van der Waals surface area contributed by atoms with Crippen molar-refractivity contribution in [3.8, 4) is 17.2 Å². The van der Waals surface area contributed by atoms with Crippen molar-refractivity contribution in [2.24, 2.45) is 5.41 Å². The first-order valence-electron chi connectivity index (χ1n) is 10.1. The van der Waals surface area contributed by atoms with E-state index in [2.05, 4.69) is 40.7 Å². The predicted octanol–water partition coefficient (Wildman–Crippen LogP) is 5.39. The monoisotopic (exact) mass is 462 g/mol. The van der Waals surface area contributed by atoms with Gasteiger partial charge in [-0.2, -0.15) is 11.1 Å². The molecule has 3 aromatic carbocycles. The molecule has 0 amide bonds. The largest absolute Gasteiger partial charge is 4.00 e. The van der Waals surface area contributed by atoms with Crippen LogP contribution >= 0.6 is 0 Å². The molecule has 0 aliphatic heterocycles. The van der Waals surface area contributed by atoms with Crippen LogP contribution in [0.1, 0.15) is 34.6 Å². The van der Waals surface area contributed by atoms with Gasteiger partial charge in [0.15, 0.2) is 0 Å². The number of rotatable bonds is 0. The molecule has 1 aliphatic carbocycles. The number of hydrogen-bond acceptors (Lipinski definition) is 3. The summed E-state index contributed by atoms with van der Waals surface area (Å²) in [5.41, 5.74) is 4.39. The van der Waals surface area contributed by atoms with Crippen LogP contribution in [-0.4, -0.2) is 0 Å². The third-order valence-electron chi connectivity index (χ3n) is 4.79. The van der Waals surface area contributed by atoms with E-state index < -0.39 is 0 Å². The summed E-state index contributed by atoms with van der Waals surface area (Å²) >= 11 is 0. The fraction of sp³-hybridized carbons (Fsp3) is 0.214. The van der Waals surface area contributed by atoms with Gasteiger partial charge in [0.25, 0.3) is 0 Å². The van der Waals surface area contributed by atoms with Gasteiger partial charge < -0.3 is 15.3 Å². The van der Waals surface area contributed by atoms with Crippen molar-refractivity contribution in [3.63, 3.8) is 0 Å². The van der Waals surface area contributed by atoms with E-state index >= 15 is 0 Å². The standard InChI is InChI=1S/C10H15.3C6H6O.Ti/c1-7-6-10(4,5)9(3)8(7)2;3*7-6-4-2-1-3-5-6;/h1-5H3;3*1-5,7H;/q-1;;;;+4/p-3. The van der Waals surface area contributed by atoms with Gasteiger partial charge in [-0.15, -0.1) is 24.2 Å². The van der Waals surface area contributed by atoms with Crippen molar-refractivity contribution < 1.29 is 37.0 Å². The minimum Gasteiger partial charge on any atom is -0.872 e. The maximum atomic E-state index is 10.3. The minimum atomic E-state index is 0. The quantitative estimate of drug-likeness (QED) is 0.332. The molecule has 1 aliphatic rings. The van der Waals surface area contributed by atoms with Crippen LogP contribution in [0.15, 0.2) is 108 Å². The Morgan fingerprint density at radius 3 is 0.938 bits per heavy atom. The van der Waals surface area contributed by atoms with Gasteiger partial charge in [-0.05, 0) is 0 Å². The van der Waals surface area contributed by atoms with Gasteiger partial charge in [0.1, 0.15) is 0 Å². The summed E-state index contributed by atoms with van der Waals surface area (Å²) in [6.07, 6.45) is 3.44. The Hall–Kier alpha value is -2.75. The molecule has 0 N–H and O–H groups in total. The van der Waals surface area contributed by atoms with E-state index in [0.717, 1.165) is 0 Å². The first-order chi connectivity index (χ1) is 14.6. The van der Waals surface area contributed by atoms with Crippen molar-refractivity contribution in [2.75, 3.05) is 0 Å². The van der Waals surface area contributed by atoms with Gasteiger partial charge in [0.2, 0.25) is 0 Å². The van der Waals surface area contributed by atoms with E-state index in [1.165, 1.54) is 53.1 Å². The molecule has 0 atom stereocenters. The van der Waals surface area contributed by atoms with Gasteiger partial charge in [-0.25, -0.2) is 5.57 Å². The second-order valence-corrected chi connectivity index (χ2v) is 7.56. The second kappa shape index (κ2) is 15.1. The van der Waals surface area contributed by atoms with Crippen LogP contribution in [0.3, 0.4) is 0 Å². The molecule has 0 saturated heterocycles. The van der Waals surface area contributed by atoms with E-state index in [9.17, 15) is 15.3 Å².